The summed E-state index contributed by atoms with van der Waals surface area (Å²) in [6.45, 7) is 4.29. The molecule has 1 nitrogen and oxygen atoms in total. The second-order valence-electron chi connectivity index (χ2n) is 4.53. The van der Waals surface area contributed by atoms with Crippen LogP contribution >= 0.6 is 0 Å². The standard InChI is InChI=1S/C16H15N/c1-12-7-8-13(2)16(11-12)17-10-9-14-5-3-4-6-15(14)17/h3-11H,1-2H3. The zero-order valence-corrected chi connectivity index (χ0v) is 10.1. The van der Waals surface area contributed by atoms with Crippen LogP contribution in [-0.2, 0) is 0 Å². The van der Waals surface area contributed by atoms with Crippen molar-refractivity contribution in [1.82, 2.24) is 4.57 Å². The fraction of sp³-hybridized carbons (Fsp3) is 0.125. The lowest BCUT2D eigenvalue weighted by Crippen LogP contribution is -1.95. The van der Waals surface area contributed by atoms with Gasteiger partial charge in [-0.15, -0.1) is 0 Å². The van der Waals surface area contributed by atoms with Crippen molar-refractivity contribution >= 4 is 10.9 Å². The molecule has 0 aliphatic rings. The minimum atomic E-state index is 1.27. The highest BCUT2D eigenvalue weighted by atomic mass is 15.0. The first-order chi connectivity index (χ1) is 8.25. The lowest BCUT2D eigenvalue weighted by molar-refractivity contribution is 1.10. The zero-order valence-electron chi connectivity index (χ0n) is 10.1. The van der Waals surface area contributed by atoms with Gasteiger partial charge in [-0.1, -0.05) is 30.3 Å². The van der Waals surface area contributed by atoms with Crippen LogP contribution in [0.4, 0.5) is 0 Å². The minimum Gasteiger partial charge on any atom is -0.316 e. The molecule has 17 heavy (non-hydrogen) atoms. The highest BCUT2D eigenvalue weighted by molar-refractivity contribution is 5.82. The first-order valence-corrected chi connectivity index (χ1v) is 5.89. The van der Waals surface area contributed by atoms with Gasteiger partial charge in [0, 0.05) is 11.9 Å². The molecule has 0 aliphatic heterocycles. The molecular formula is C16H15N. The van der Waals surface area contributed by atoms with Crippen molar-refractivity contribution < 1.29 is 0 Å². The van der Waals surface area contributed by atoms with Gasteiger partial charge in [-0.3, -0.25) is 0 Å². The summed E-state index contributed by atoms with van der Waals surface area (Å²) in [4.78, 5) is 0. The van der Waals surface area contributed by atoms with E-state index in [4.69, 9.17) is 0 Å². The molecule has 0 unspecified atom stereocenters. The van der Waals surface area contributed by atoms with Crippen molar-refractivity contribution in [3.05, 3.63) is 65.9 Å². The fourth-order valence-corrected chi connectivity index (χ4v) is 2.27. The topological polar surface area (TPSA) is 4.93 Å². The van der Waals surface area contributed by atoms with Crippen LogP contribution in [0.2, 0.25) is 0 Å². The average Bonchev–Trinajstić information content (AvgIpc) is 2.76. The Morgan fingerprint density at radius 1 is 0.882 bits per heavy atom. The summed E-state index contributed by atoms with van der Waals surface area (Å²) in [6, 6.07) is 17.2. The first kappa shape index (κ1) is 10.2. The van der Waals surface area contributed by atoms with Gasteiger partial charge in [0.25, 0.3) is 0 Å². The second-order valence-corrected chi connectivity index (χ2v) is 4.53. The zero-order chi connectivity index (χ0) is 11.8. The maximum atomic E-state index is 2.26. The molecule has 0 saturated heterocycles. The number of aryl methyl sites for hydroxylation is 2. The molecule has 1 aromatic heterocycles. The smallest absolute Gasteiger partial charge is 0.0528 e. The van der Waals surface area contributed by atoms with Crippen molar-refractivity contribution in [2.24, 2.45) is 0 Å². The van der Waals surface area contributed by atoms with E-state index >= 15 is 0 Å². The summed E-state index contributed by atoms with van der Waals surface area (Å²) in [6.07, 6.45) is 2.15. The summed E-state index contributed by atoms with van der Waals surface area (Å²) < 4.78 is 2.26. The molecule has 3 rings (SSSR count). The Balaban J connectivity index is 2.31. The van der Waals surface area contributed by atoms with E-state index in [-0.39, 0.29) is 0 Å². The van der Waals surface area contributed by atoms with E-state index in [0.29, 0.717) is 0 Å². The molecule has 0 bridgehead atoms. The monoisotopic (exact) mass is 221 g/mol. The number of para-hydroxylation sites is 1. The summed E-state index contributed by atoms with van der Waals surface area (Å²) >= 11 is 0. The van der Waals surface area contributed by atoms with Gasteiger partial charge in [0.05, 0.1) is 5.52 Å². The molecule has 0 radical (unpaired) electrons. The van der Waals surface area contributed by atoms with E-state index in [1.165, 1.54) is 27.7 Å². The van der Waals surface area contributed by atoms with Crippen LogP contribution in [-0.4, -0.2) is 4.57 Å². The largest absolute Gasteiger partial charge is 0.316 e. The molecule has 0 aliphatic carbocycles. The number of fused-ring (bicyclic) bond motifs is 1. The summed E-state index contributed by atoms with van der Waals surface area (Å²) in [5.41, 5.74) is 5.13. The number of aromatic nitrogens is 1. The SMILES string of the molecule is Cc1ccc(C)c(-n2ccc3ccccc32)c1. The Morgan fingerprint density at radius 2 is 1.71 bits per heavy atom. The third kappa shape index (κ3) is 1.64. The predicted octanol–water partition coefficient (Wildman–Crippen LogP) is 4.25. The van der Waals surface area contributed by atoms with Gasteiger partial charge in [0.15, 0.2) is 0 Å². The molecule has 0 spiro atoms. The fourth-order valence-electron chi connectivity index (χ4n) is 2.27. The Bertz CT molecular complexity index is 677. The molecule has 0 amide bonds. The highest BCUT2D eigenvalue weighted by Crippen LogP contribution is 2.23. The molecular weight excluding hydrogens is 206 g/mol. The second kappa shape index (κ2) is 3.77. The third-order valence-corrected chi connectivity index (χ3v) is 3.22. The van der Waals surface area contributed by atoms with Gasteiger partial charge in [-0.25, -0.2) is 0 Å². The van der Waals surface area contributed by atoms with Crippen molar-refractivity contribution in [3.8, 4) is 5.69 Å². The van der Waals surface area contributed by atoms with Crippen LogP contribution in [0.15, 0.2) is 54.7 Å². The Kier molecular flexibility index (Phi) is 2.25. The molecule has 84 valence electrons. The number of nitrogens with zero attached hydrogens (tertiary/aromatic N) is 1. The lowest BCUT2D eigenvalue weighted by Gasteiger charge is -2.10. The first-order valence-electron chi connectivity index (χ1n) is 5.89. The molecule has 0 atom stereocenters. The van der Waals surface area contributed by atoms with Crippen molar-refractivity contribution in [1.29, 1.82) is 0 Å². The van der Waals surface area contributed by atoms with Crippen molar-refractivity contribution in [2.45, 2.75) is 13.8 Å². The van der Waals surface area contributed by atoms with Crippen molar-refractivity contribution in [3.63, 3.8) is 0 Å². The van der Waals surface area contributed by atoms with Crippen LogP contribution in [0.3, 0.4) is 0 Å². The van der Waals surface area contributed by atoms with Gasteiger partial charge in [0.1, 0.15) is 0 Å². The predicted molar refractivity (Wildman–Crippen MR) is 72.7 cm³/mol. The van der Waals surface area contributed by atoms with Gasteiger partial charge >= 0.3 is 0 Å². The normalized spacial score (nSPS) is 10.9. The van der Waals surface area contributed by atoms with E-state index < -0.39 is 0 Å². The molecule has 1 heterocycles. The third-order valence-electron chi connectivity index (χ3n) is 3.22. The highest BCUT2D eigenvalue weighted by Gasteiger charge is 2.05. The minimum absolute atomic E-state index is 1.27. The van der Waals surface area contributed by atoms with E-state index in [9.17, 15) is 0 Å². The van der Waals surface area contributed by atoms with E-state index in [2.05, 4.69) is 73.1 Å². The Morgan fingerprint density at radius 3 is 2.59 bits per heavy atom. The summed E-state index contributed by atoms with van der Waals surface area (Å²) in [5.74, 6) is 0. The van der Waals surface area contributed by atoms with Crippen molar-refractivity contribution in [2.75, 3.05) is 0 Å². The number of hydrogen-bond acceptors (Lipinski definition) is 0. The maximum absolute atomic E-state index is 2.26. The molecule has 0 N–H and O–H groups in total. The number of rotatable bonds is 1. The average molecular weight is 221 g/mol. The summed E-state index contributed by atoms with van der Waals surface area (Å²) in [5, 5.41) is 1.29. The number of hydrogen-bond donors (Lipinski definition) is 0. The molecule has 3 aromatic rings. The van der Waals surface area contributed by atoms with Crippen LogP contribution < -0.4 is 0 Å². The van der Waals surface area contributed by atoms with Crippen LogP contribution in [0.25, 0.3) is 16.6 Å². The van der Waals surface area contributed by atoms with Crippen LogP contribution in [0.1, 0.15) is 11.1 Å². The van der Waals surface area contributed by atoms with Gasteiger partial charge in [0.2, 0.25) is 0 Å². The van der Waals surface area contributed by atoms with E-state index in [1.54, 1.807) is 0 Å². The Hall–Kier alpha value is -2.02. The van der Waals surface area contributed by atoms with Gasteiger partial charge in [-0.05, 0) is 48.6 Å². The van der Waals surface area contributed by atoms with Crippen LogP contribution in [0.5, 0.6) is 0 Å². The van der Waals surface area contributed by atoms with Gasteiger partial charge < -0.3 is 4.57 Å². The maximum Gasteiger partial charge on any atom is 0.0528 e. The molecule has 2 aromatic carbocycles. The van der Waals surface area contributed by atoms with Gasteiger partial charge in [-0.2, -0.15) is 0 Å². The van der Waals surface area contributed by atoms with E-state index in [0.717, 1.165) is 0 Å². The van der Waals surface area contributed by atoms with Crippen LogP contribution in [0, 0.1) is 13.8 Å². The molecule has 0 fully saturated rings. The summed E-state index contributed by atoms with van der Waals surface area (Å²) in [7, 11) is 0. The lowest BCUT2D eigenvalue weighted by atomic mass is 10.1. The molecule has 1 heteroatoms. The Labute approximate surface area is 101 Å². The number of benzene rings is 2. The quantitative estimate of drug-likeness (QED) is 0.579. The molecule has 0 saturated carbocycles. The van der Waals surface area contributed by atoms with E-state index in [1.807, 2.05) is 0 Å².